The van der Waals surface area contributed by atoms with Gasteiger partial charge in [-0.3, -0.25) is 0 Å². The number of rotatable bonds is 5. The highest BCUT2D eigenvalue weighted by Crippen LogP contribution is 2.22. The maximum atomic E-state index is 9.12. The van der Waals surface area contributed by atoms with E-state index in [1.807, 2.05) is 6.07 Å². The highest BCUT2D eigenvalue weighted by Gasteiger charge is 2.02. The number of benzene rings is 1. The SMILES string of the molecule is Nc1ccc(NCCC(O)CO)c(S)c1. The molecule has 84 valence electrons. The van der Waals surface area contributed by atoms with Crippen molar-refractivity contribution >= 4 is 24.0 Å². The van der Waals surface area contributed by atoms with E-state index in [0.29, 0.717) is 18.7 Å². The second-order valence-corrected chi connectivity index (χ2v) is 3.81. The van der Waals surface area contributed by atoms with Gasteiger partial charge in [-0.15, -0.1) is 12.6 Å². The Balaban J connectivity index is 2.44. The van der Waals surface area contributed by atoms with Gasteiger partial charge in [0.2, 0.25) is 0 Å². The first-order chi connectivity index (χ1) is 7.13. The largest absolute Gasteiger partial charge is 0.399 e. The predicted molar refractivity (Wildman–Crippen MR) is 64.3 cm³/mol. The minimum absolute atomic E-state index is 0.211. The molecule has 0 saturated heterocycles. The predicted octanol–water partition coefficient (Wildman–Crippen LogP) is 0.713. The molecule has 0 bridgehead atoms. The summed E-state index contributed by atoms with van der Waals surface area (Å²) < 4.78 is 0. The first-order valence-electron chi connectivity index (χ1n) is 4.74. The fraction of sp³-hybridized carbons (Fsp3) is 0.400. The van der Waals surface area contributed by atoms with Gasteiger partial charge in [-0.25, -0.2) is 0 Å². The molecule has 0 aliphatic carbocycles. The standard InChI is InChI=1S/C10H16N2O2S/c11-7-1-2-9(10(15)5-7)12-4-3-8(14)6-13/h1-2,5,8,12-15H,3-4,6,11H2. The van der Waals surface area contributed by atoms with E-state index in [2.05, 4.69) is 17.9 Å². The summed E-state index contributed by atoms with van der Waals surface area (Å²) in [6, 6.07) is 5.38. The Labute approximate surface area is 94.5 Å². The highest BCUT2D eigenvalue weighted by atomic mass is 32.1. The van der Waals surface area contributed by atoms with E-state index in [9.17, 15) is 0 Å². The van der Waals surface area contributed by atoms with Gasteiger partial charge in [-0.05, 0) is 24.6 Å². The van der Waals surface area contributed by atoms with Gasteiger partial charge in [0.15, 0.2) is 0 Å². The van der Waals surface area contributed by atoms with Crippen molar-refractivity contribution in [1.82, 2.24) is 0 Å². The van der Waals surface area contributed by atoms with Crippen molar-refractivity contribution in [3.63, 3.8) is 0 Å². The summed E-state index contributed by atoms with van der Waals surface area (Å²) in [4.78, 5) is 0.772. The lowest BCUT2D eigenvalue weighted by Gasteiger charge is -2.11. The lowest BCUT2D eigenvalue weighted by Crippen LogP contribution is -2.17. The highest BCUT2D eigenvalue weighted by molar-refractivity contribution is 7.80. The summed E-state index contributed by atoms with van der Waals surface area (Å²) in [6.45, 7) is 0.371. The van der Waals surface area contributed by atoms with Crippen molar-refractivity contribution in [1.29, 1.82) is 0 Å². The molecule has 0 aromatic heterocycles. The van der Waals surface area contributed by atoms with Gasteiger partial charge in [0.25, 0.3) is 0 Å². The smallest absolute Gasteiger partial charge is 0.0787 e. The van der Waals surface area contributed by atoms with Crippen LogP contribution >= 0.6 is 12.6 Å². The van der Waals surface area contributed by atoms with Gasteiger partial charge in [0.1, 0.15) is 0 Å². The molecule has 1 unspecified atom stereocenters. The minimum atomic E-state index is -0.672. The topological polar surface area (TPSA) is 78.5 Å². The molecule has 1 rings (SSSR count). The van der Waals surface area contributed by atoms with Gasteiger partial charge in [0, 0.05) is 22.8 Å². The van der Waals surface area contributed by atoms with Crippen LogP contribution < -0.4 is 11.1 Å². The molecule has 0 spiro atoms. The van der Waals surface area contributed by atoms with Crippen LogP contribution in [0, 0.1) is 0 Å². The molecule has 4 nitrogen and oxygen atoms in total. The average Bonchev–Trinajstić information content (AvgIpc) is 2.21. The second-order valence-electron chi connectivity index (χ2n) is 3.33. The molecule has 0 fully saturated rings. The van der Waals surface area contributed by atoms with Crippen LogP contribution in [0.25, 0.3) is 0 Å². The maximum absolute atomic E-state index is 9.12. The fourth-order valence-corrected chi connectivity index (χ4v) is 1.47. The van der Waals surface area contributed by atoms with Gasteiger partial charge >= 0.3 is 0 Å². The number of anilines is 2. The van der Waals surface area contributed by atoms with Crippen LogP contribution in [0.4, 0.5) is 11.4 Å². The van der Waals surface area contributed by atoms with Crippen molar-refractivity contribution in [3.05, 3.63) is 18.2 Å². The molecule has 0 radical (unpaired) electrons. The lowest BCUT2D eigenvalue weighted by atomic mass is 10.2. The number of nitrogens with two attached hydrogens (primary N) is 1. The Morgan fingerprint density at radius 2 is 2.20 bits per heavy atom. The summed E-state index contributed by atoms with van der Waals surface area (Å²) in [5.74, 6) is 0. The van der Waals surface area contributed by atoms with Crippen LogP contribution in [0.5, 0.6) is 0 Å². The van der Waals surface area contributed by atoms with Crippen molar-refractivity contribution in [2.24, 2.45) is 0 Å². The molecular formula is C10H16N2O2S. The number of nitrogen functional groups attached to an aromatic ring is 1. The average molecular weight is 228 g/mol. The second kappa shape index (κ2) is 5.85. The Morgan fingerprint density at radius 3 is 2.80 bits per heavy atom. The van der Waals surface area contributed by atoms with E-state index >= 15 is 0 Å². The summed E-state index contributed by atoms with van der Waals surface area (Å²) in [7, 11) is 0. The molecule has 5 heteroatoms. The van der Waals surface area contributed by atoms with E-state index in [1.54, 1.807) is 12.1 Å². The molecule has 1 atom stereocenters. The first-order valence-corrected chi connectivity index (χ1v) is 5.19. The quantitative estimate of drug-likeness (QED) is 0.380. The number of nitrogens with one attached hydrogen (secondary N) is 1. The van der Waals surface area contributed by atoms with Crippen LogP contribution in [0.3, 0.4) is 0 Å². The van der Waals surface area contributed by atoms with Crippen LogP contribution in [-0.4, -0.2) is 29.5 Å². The first kappa shape index (κ1) is 12.2. The minimum Gasteiger partial charge on any atom is -0.399 e. The third-order valence-electron chi connectivity index (χ3n) is 2.03. The molecule has 1 aromatic carbocycles. The Morgan fingerprint density at radius 1 is 1.47 bits per heavy atom. The van der Waals surface area contributed by atoms with Crippen LogP contribution in [0.1, 0.15) is 6.42 Å². The zero-order valence-corrected chi connectivity index (χ0v) is 9.24. The zero-order chi connectivity index (χ0) is 11.3. The molecule has 5 N–H and O–H groups in total. The van der Waals surface area contributed by atoms with Gasteiger partial charge in [0.05, 0.1) is 12.7 Å². The lowest BCUT2D eigenvalue weighted by molar-refractivity contribution is 0.0911. The van der Waals surface area contributed by atoms with Crippen LogP contribution in [-0.2, 0) is 0 Å². The number of aliphatic hydroxyl groups is 2. The summed E-state index contributed by atoms with van der Waals surface area (Å²) >= 11 is 4.26. The van der Waals surface area contributed by atoms with Crippen molar-refractivity contribution in [2.45, 2.75) is 17.4 Å². The molecule has 0 saturated carbocycles. The fourth-order valence-electron chi connectivity index (χ4n) is 1.16. The molecule has 0 aliphatic heterocycles. The Bertz CT molecular complexity index is 320. The van der Waals surface area contributed by atoms with Crippen LogP contribution in [0.15, 0.2) is 23.1 Å². The Kier molecular flexibility index (Phi) is 4.74. The zero-order valence-electron chi connectivity index (χ0n) is 8.35. The van der Waals surface area contributed by atoms with Gasteiger partial charge in [-0.1, -0.05) is 0 Å². The van der Waals surface area contributed by atoms with E-state index in [0.717, 1.165) is 10.6 Å². The molecule has 0 amide bonds. The molecule has 15 heavy (non-hydrogen) atoms. The molecule has 0 heterocycles. The third-order valence-corrected chi connectivity index (χ3v) is 2.40. The number of thiol groups is 1. The van der Waals surface area contributed by atoms with Gasteiger partial charge in [-0.2, -0.15) is 0 Å². The van der Waals surface area contributed by atoms with E-state index < -0.39 is 6.10 Å². The summed E-state index contributed by atoms with van der Waals surface area (Å²) in [5.41, 5.74) is 7.12. The van der Waals surface area contributed by atoms with Crippen molar-refractivity contribution in [2.75, 3.05) is 24.2 Å². The van der Waals surface area contributed by atoms with Crippen LogP contribution in [0.2, 0.25) is 0 Å². The summed E-state index contributed by atoms with van der Waals surface area (Å²) in [6.07, 6.45) is -0.177. The third kappa shape index (κ3) is 3.99. The van der Waals surface area contributed by atoms with Crippen molar-refractivity contribution in [3.8, 4) is 0 Å². The van der Waals surface area contributed by atoms with Gasteiger partial charge < -0.3 is 21.3 Å². The normalized spacial score (nSPS) is 12.5. The van der Waals surface area contributed by atoms with E-state index in [1.165, 1.54) is 0 Å². The van der Waals surface area contributed by atoms with E-state index in [-0.39, 0.29) is 6.61 Å². The number of aliphatic hydroxyl groups excluding tert-OH is 2. The summed E-state index contributed by atoms with van der Waals surface area (Å²) in [5, 5.41) is 20.8. The molecular weight excluding hydrogens is 212 g/mol. The van der Waals surface area contributed by atoms with Crippen molar-refractivity contribution < 1.29 is 10.2 Å². The Hall–Kier alpha value is -0.910. The molecule has 0 aliphatic rings. The molecule has 1 aromatic rings. The van der Waals surface area contributed by atoms with E-state index in [4.69, 9.17) is 15.9 Å². The monoisotopic (exact) mass is 228 g/mol. The number of hydrogen-bond donors (Lipinski definition) is 5. The number of hydrogen-bond acceptors (Lipinski definition) is 5. The maximum Gasteiger partial charge on any atom is 0.0787 e.